The van der Waals surface area contributed by atoms with Crippen molar-refractivity contribution in [2.24, 2.45) is 0 Å². The molecular weight excluding hydrogens is 358 g/mol. The minimum atomic E-state index is -0.637. The van der Waals surface area contributed by atoms with Gasteiger partial charge in [0.2, 0.25) is 5.91 Å². The van der Waals surface area contributed by atoms with E-state index in [9.17, 15) is 13.6 Å². The van der Waals surface area contributed by atoms with Crippen LogP contribution in [0.25, 0.3) is 11.1 Å². The number of halogens is 2. The Labute approximate surface area is 163 Å². The van der Waals surface area contributed by atoms with E-state index in [4.69, 9.17) is 0 Å². The molecule has 1 amide bonds. The molecule has 5 heteroatoms. The van der Waals surface area contributed by atoms with Crippen molar-refractivity contribution in [2.75, 3.05) is 5.32 Å². The van der Waals surface area contributed by atoms with E-state index in [1.807, 2.05) is 54.6 Å². The summed E-state index contributed by atoms with van der Waals surface area (Å²) in [6.07, 6.45) is 0. The molecule has 0 bridgehead atoms. The van der Waals surface area contributed by atoms with Crippen LogP contribution in [0.5, 0.6) is 0 Å². The molecule has 144 valence electrons. The second-order valence-electron chi connectivity index (χ2n) is 6.68. The van der Waals surface area contributed by atoms with Gasteiger partial charge >= 0.3 is 0 Å². The van der Waals surface area contributed by atoms with Gasteiger partial charge in [0.15, 0.2) is 0 Å². The minimum Gasteiger partial charge on any atom is -0.324 e. The fraction of sp³-hybridized carbons (Fsp3) is 0.174. The predicted octanol–water partition coefficient (Wildman–Crippen LogP) is 5.31. The van der Waals surface area contributed by atoms with Gasteiger partial charge in [0.1, 0.15) is 11.6 Å². The summed E-state index contributed by atoms with van der Waals surface area (Å²) in [6.45, 7) is 3.44. The van der Waals surface area contributed by atoms with Crippen LogP contribution in [0.1, 0.15) is 25.5 Å². The first-order valence-corrected chi connectivity index (χ1v) is 9.12. The van der Waals surface area contributed by atoms with Crippen molar-refractivity contribution in [2.45, 2.75) is 25.9 Å². The molecule has 3 aromatic rings. The predicted molar refractivity (Wildman–Crippen MR) is 108 cm³/mol. The van der Waals surface area contributed by atoms with E-state index in [0.29, 0.717) is 11.3 Å². The topological polar surface area (TPSA) is 41.1 Å². The lowest BCUT2D eigenvalue weighted by Gasteiger charge is -2.21. The third-order valence-electron chi connectivity index (χ3n) is 4.59. The number of para-hydroxylation sites is 1. The molecule has 3 aromatic carbocycles. The Kier molecular flexibility index (Phi) is 6.16. The smallest absolute Gasteiger partial charge is 0.241 e. The number of carbonyl (C=O) groups excluding carboxylic acids is 1. The molecule has 0 unspecified atom stereocenters. The average molecular weight is 380 g/mol. The third-order valence-corrected chi connectivity index (χ3v) is 4.59. The van der Waals surface area contributed by atoms with Crippen LogP contribution < -0.4 is 10.6 Å². The molecule has 0 aliphatic carbocycles. The van der Waals surface area contributed by atoms with Crippen LogP contribution in [-0.4, -0.2) is 11.9 Å². The Morgan fingerprint density at radius 2 is 1.57 bits per heavy atom. The van der Waals surface area contributed by atoms with Crippen molar-refractivity contribution in [3.8, 4) is 11.1 Å². The first-order valence-electron chi connectivity index (χ1n) is 9.12. The van der Waals surface area contributed by atoms with Crippen LogP contribution in [0, 0.1) is 11.6 Å². The normalized spacial score (nSPS) is 13.0. The second kappa shape index (κ2) is 8.76. The third kappa shape index (κ3) is 4.61. The Hall–Kier alpha value is -3.05. The number of anilines is 1. The van der Waals surface area contributed by atoms with Gasteiger partial charge in [-0.05, 0) is 31.5 Å². The van der Waals surface area contributed by atoms with Crippen molar-refractivity contribution in [1.82, 2.24) is 5.32 Å². The number of amides is 1. The maximum atomic E-state index is 14.0. The van der Waals surface area contributed by atoms with Crippen molar-refractivity contribution in [1.29, 1.82) is 0 Å². The molecule has 0 heterocycles. The summed E-state index contributed by atoms with van der Waals surface area (Å²) in [5.41, 5.74) is 2.93. The van der Waals surface area contributed by atoms with Gasteiger partial charge in [-0.2, -0.15) is 0 Å². The molecule has 3 nitrogen and oxygen atoms in total. The van der Waals surface area contributed by atoms with Gasteiger partial charge in [-0.1, -0.05) is 54.6 Å². The van der Waals surface area contributed by atoms with Crippen LogP contribution in [0.3, 0.4) is 0 Å². The number of benzene rings is 3. The molecular formula is C23H22F2N2O. The average Bonchev–Trinajstić information content (AvgIpc) is 2.69. The summed E-state index contributed by atoms with van der Waals surface area (Å²) >= 11 is 0. The van der Waals surface area contributed by atoms with Crippen LogP contribution in [0.15, 0.2) is 72.8 Å². The van der Waals surface area contributed by atoms with Gasteiger partial charge in [0.25, 0.3) is 0 Å². The standard InChI is InChI=1S/C23H22F2N2O/c1-15(19-13-12-18(24)14-21(19)25)26-16(2)23(28)27-22-11-7-6-10-20(22)17-8-4-3-5-9-17/h3-16,26H,1-2H3,(H,27,28)/t15-,16+/m0/s1. The molecule has 0 saturated carbocycles. The molecule has 0 radical (unpaired) electrons. The van der Waals surface area contributed by atoms with Gasteiger partial charge in [-0.15, -0.1) is 0 Å². The van der Waals surface area contributed by atoms with E-state index in [1.165, 1.54) is 12.1 Å². The second-order valence-corrected chi connectivity index (χ2v) is 6.68. The molecule has 28 heavy (non-hydrogen) atoms. The van der Waals surface area contributed by atoms with Gasteiger partial charge in [-0.3, -0.25) is 10.1 Å². The van der Waals surface area contributed by atoms with Crippen LogP contribution >= 0.6 is 0 Å². The zero-order chi connectivity index (χ0) is 20.1. The summed E-state index contributed by atoms with van der Waals surface area (Å²) in [7, 11) is 0. The fourth-order valence-corrected chi connectivity index (χ4v) is 3.10. The maximum Gasteiger partial charge on any atom is 0.241 e. The molecule has 3 rings (SSSR count). The maximum absolute atomic E-state index is 14.0. The Balaban J connectivity index is 1.71. The van der Waals surface area contributed by atoms with Gasteiger partial charge in [0, 0.05) is 28.9 Å². The summed E-state index contributed by atoms with van der Waals surface area (Å²) in [5, 5.41) is 6.00. The number of carbonyl (C=O) groups is 1. The molecule has 0 aliphatic rings. The van der Waals surface area contributed by atoms with Crippen molar-refractivity contribution in [3.05, 3.63) is 90.0 Å². The summed E-state index contributed by atoms with van der Waals surface area (Å²) in [4.78, 5) is 12.7. The van der Waals surface area contributed by atoms with E-state index < -0.39 is 23.7 Å². The first kappa shape index (κ1) is 19.7. The Morgan fingerprint density at radius 3 is 2.29 bits per heavy atom. The molecule has 0 spiro atoms. The lowest BCUT2D eigenvalue weighted by Crippen LogP contribution is -2.39. The molecule has 0 saturated heterocycles. The fourth-order valence-electron chi connectivity index (χ4n) is 3.10. The molecule has 2 atom stereocenters. The van der Waals surface area contributed by atoms with Gasteiger partial charge in [-0.25, -0.2) is 8.78 Å². The van der Waals surface area contributed by atoms with Gasteiger partial charge in [0.05, 0.1) is 6.04 Å². The zero-order valence-electron chi connectivity index (χ0n) is 15.7. The minimum absolute atomic E-state index is 0.238. The highest BCUT2D eigenvalue weighted by Gasteiger charge is 2.19. The Bertz CT molecular complexity index is 960. The Morgan fingerprint density at radius 1 is 0.893 bits per heavy atom. The number of hydrogen-bond acceptors (Lipinski definition) is 2. The van der Waals surface area contributed by atoms with E-state index in [0.717, 1.165) is 17.2 Å². The zero-order valence-corrected chi connectivity index (χ0v) is 15.7. The number of nitrogens with one attached hydrogen (secondary N) is 2. The lowest BCUT2D eigenvalue weighted by molar-refractivity contribution is -0.117. The molecule has 0 aliphatic heterocycles. The SMILES string of the molecule is C[C@H](N[C@H](C)C(=O)Nc1ccccc1-c1ccccc1)c1ccc(F)cc1F. The van der Waals surface area contributed by atoms with Crippen LogP contribution in [0.2, 0.25) is 0 Å². The number of hydrogen-bond donors (Lipinski definition) is 2. The molecule has 2 N–H and O–H groups in total. The monoisotopic (exact) mass is 380 g/mol. The summed E-state index contributed by atoms with van der Waals surface area (Å²) in [5.74, 6) is -1.50. The van der Waals surface area contributed by atoms with E-state index in [-0.39, 0.29) is 5.91 Å². The van der Waals surface area contributed by atoms with Crippen molar-refractivity contribution >= 4 is 11.6 Å². The highest BCUT2D eigenvalue weighted by Crippen LogP contribution is 2.27. The lowest BCUT2D eigenvalue weighted by atomic mass is 10.0. The van der Waals surface area contributed by atoms with Crippen LogP contribution in [0.4, 0.5) is 14.5 Å². The van der Waals surface area contributed by atoms with Crippen LogP contribution in [-0.2, 0) is 4.79 Å². The quantitative estimate of drug-likeness (QED) is 0.608. The number of rotatable bonds is 6. The van der Waals surface area contributed by atoms with Crippen molar-refractivity contribution in [3.63, 3.8) is 0 Å². The first-order chi connectivity index (χ1) is 13.5. The van der Waals surface area contributed by atoms with E-state index in [1.54, 1.807) is 13.8 Å². The van der Waals surface area contributed by atoms with Gasteiger partial charge < -0.3 is 5.32 Å². The molecule has 0 fully saturated rings. The van der Waals surface area contributed by atoms with E-state index in [2.05, 4.69) is 10.6 Å². The highest BCUT2D eigenvalue weighted by molar-refractivity contribution is 5.98. The highest BCUT2D eigenvalue weighted by atomic mass is 19.1. The van der Waals surface area contributed by atoms with Crippen molar-refractivity contribution < 1.29 is 13.6 Å². The summed E-state index contributed by atoms with van der Waals surface area (Å²) < 4.78 is 27.1. The molecule has 0 aromatic heterocycles. The summed E-state index contributed by atoms with van der Waals surface area (Å²) in [6, 6.07) is 19.7. The van der Waals surface area contributed by atoms with E-state index >= 15 is 0 Å². The largest absolute Gasteiger partial charge is 0.324 e.